The number of aromatic amines is 1. The lowest BCUT2D eigenvalue weighted by molar-refractivity contribution is 0.889. The Kier molecular flexibility index (Phi) is 1.93. The second kappa shape index (κ2) is 3.31. The van der Waals surface area contributed by atoms with Gasteiger partial charge in [0.1, 0.15) is 16.4 Å². The van der Waals surface area contributed by atoms with Crippen molar-refractivity contribution in [1.82, 2.24) is 24.8 Å². The van der Waals surface area contributed by atoms with Gasteiger partial charge in [0.15, 0.2) is 5.82 Å². The highest BCUT2D eigenvalue weighted by molar-refractivity contribution is 9.10. The number of nitrogens with zero attached hydrogens (tertiary/aromatic N) is 4. The van der Waals surface area contributed by atoms with Crippen LogP contribution in [0.5, 0.6) is 0 Å². The van der Waals surface area contributed by atoms with Crippen molar-refractivity contribution in [2.24, 2.45) is 0 Å². The Balaban J connectivity index is 2.42. The average Bonchev–Trinajstić information content (AvgIpc) is 2.87. The topological polar surface area (TPSA) is 84.9 Å². The minimum Gasteiger partial charge on any atom is -0.382 e. The van der Waals surface area contributed by atoms with Gasteiger partial charge in [-0.15, -0.1) is 0 Å². The third kappa shape index (κ3) is 1.21. The maximum Gasteiger partial charge on any atom is 0.152 e. The number of fused-ring (bicyclic) bond motifs is 1. The summed E-state index contributed by atoms with van der Waals surface area (Å²) in [6.45, 7) is 0. The normalized spacial score (nSPS) is 11.1. The fraction of sp³-hybridized carbons (Fsp3) is 0. The molecule has 80 valence electrons. The number of hydrogen-bond donors (Lipinski definition) is 2. The zero-order valence-electron chi connectivity index (χ0n) is 8.05. The van der Waals surface area contributed by atoms with E-state index < -0.39 is 0 Å². The van der Waals surface area contributed by atoms with Crippen LogP contribution >= 0.6 is 15.9 Å². The molecule has 3 heterocycles. The molecule has 3 rings (SSSR count). The number of nitrogen functional groups attached to an aromatic ring is 1. The molecule has 0 radical (unpaired) electrons. The van der Waals surface area contributed by atoms with Gasteiger partial charge in [-0.25, -0.2) is 9.50 Å². The molecule has 0 aromatic carbocycles. The highest BCUT2D eigenvalue weighted by atomic mass is 79.9. The largest absolute Gasteiger partial charge is 0.382 e. The molecule has 0 bridgehead atoms. The van der Waals surface area contributed by atoms with Gasteiger partial charge < -0.3 is 5.73 Å². The predicted octanol–water partition coefficient (Wildman–Crippen LogP) is 1.46. The molecule has 3 aromatic rings. The lowest BCUT2D eigenvalue weighted by Crippen LogP contribution is -1.99. The zero-order chi connectivity index (χ0) is 11.1. The molecule has 0 amide bonds. The second-order valence-electron chi connectivity index (χ2n) is 3.27. The molecule has 6 nitrogen and oxygen atoms in total. The van der Waals surface area contributed by atoms with E-state index in [2.05, 4.69) is 36.2 Å². The average molecular weight is 279 g/mol. The van der Waals surface area contributed by atoms with Gasteiger partial charge in [-0.1, -0.05) is 0 Å². The van der Waals surface area contributed by atoms with Crippen molar-refractivity contribution < 1.29 is 0 Å². The third-order valence-electron chi connectivity index (χ3n) is 2.35. The molecular formula is C9H7BrN6. The van der Waals surface area contributed by atoms with Crippen molar-refractivity contribution in [3.8, 4) is 11.1 Å². The Bertz CT molecular complexity index is 641. The molecule has 0 unspecified atom stereocenters. The summed E-state index contributed by atoms with van der Waals surface area (Å²) < 4.78 is 2.53. The van der Waals surface area contributed by atoms with Gasteiger partial charge in [-0.2, -0.15) is 10.2 Å². The summed E-state index contributed by atoms with van der Waals surface area (Å²) in [7, 11) is 0. The van der Waals surface area contributed by atoms with Crippen LogP contribution in [0.3, 0.4) is 0 Å². The van der Waals surface area contributed by atoms with Crippen LogP contribution < -0.4 is 5.73 Å². The number of halogens is 1. The Hall–Kier alpha value is -1.89. The SMILES string of the molecule is Nc1ncnn2c(Br)cc(-c3cn[nH]c3)c12. The molecule has 0 aliphatic rings. The van der Waals surface area contributed by atoms with Crippen molar-refractivity contribution in [2.75, 3.05) is 5.73 Å². The summed E-state index contributed by atoms with van der Waals surface area (Å²) in [4.78, 5) is 3.99. The van der Waals surface area contributed by atoms with Gasteiger partial charge in [0.25, 0.3) is 0 Å². The second-order valence-corrected chi connectivity index (χ2v) is 4.09. The van der Waals surface area contributed by atoms with Crippen LogP contribution in [0.4, 0.5) is 5.82 Å². The molecular weight excluding hydrogens is 272 g/mol. The molecule has 0 fully saturated rings. The van der Waals surface area contributed by atoms with E-state index in [1.807, 2.05) is 6.07 Å². The van der Waals surface area contributed by atoms with Crippen LogP contribution in [-0.2, 0) is 0 Å². The summed E-state index contributed by atoms with van der Waals surface area (Å²) >= 11 is 3.42. The van der Waals surface area contributed by atoms with Crippen LogP contribution in [0.15, 0.2) is 29.4 Å². The number of hydrogen-bond acceptors (Lipinski definition) is 4. The summed E-state index contributed by atoms with van der Waals surface area (Å²) in [5.74, 6) is 0.442. The molecule has 7 heteroatoms. The first-order chi connectivity index (χ1) is 7.77. The highest BCUT2D eigenvalue weighted by Gasteiger charge is 2.13. The highest BCUT2D eigenvalue weighted by Crippen LogP contribution is 2.31. The van der Waals surface area contributed by atoms with Gasteiger partial charge in [0.05, 0.1) is 6.20 Å². The molecule has 0 aliphatic carbocycles. The fourth-order valence-electron chi connectivity index (χ4n) is 1.65. The Labute approximate surface area is 98.6 Å². The summed E-state index contributed by atoms with van der Waals surface area (Å²) in [5.41, 5.74) is 8.52. The molecule has 3 N–H and O–H groups in total. The van der Waals surface area contributed by atoms with Gasteiger partial charge in [0.2, 0.25) is 0 Å². The van der Waals surface area contributed by atoms with Gasteiger partial charge in [-0.3, -0.25) is 5.10 Å². The first-order valence-corrected chi connectivity index (χ1v) is 5.33. The fourth-order valence-corrected chi connectivity index (χ4v) is 2.15. The first kappa shape index (κ1) is 9.34. The van der Waals surface area contributed by atoms with Crippen LogP contribution in [-0.4, -0.2) is 24.8 Å². The van der Waals surface area contributed by atoms with Crippen LogP contribution in [0, 0.1) is 0 Å². The van der Waals surface area contributed by atoms with Gasteiger partial charge in [0, 0.05) is 17.3 Å². The van der Waals surface area contributed by atoms with E-state index in [0.29, 0.717) is 5.82 Å². The lowest BCUT2D eigenvalue weighted by Gasteiger charge is -1.99. The Morgan fingerprint density at radius 1 is 1.44 bits per heavy atom. The monoisotopic (exact) mass is 278 g/mol. The molecule has 16 heavy (non-hydrogen) atoms. The molecule has 0 saturated heterocycles. The van der Waals surface area contributed by atoms with E-state index >= 15 is 0 Å². The third-order valence-corrected chi connectivity index (χ3v) is 2.91. The standard InChI is InChI=1S/C9H7BrN6/c10-7-1-6(5-2-13-14-3-5)8-9(11)12-4-15-16(7)8/h1-4H,(H,13,14)(H2,11,12,15). The number of nitrogens with two attached hydrogens (primary N) is 1. The minimum absolute atomic E-state index is 0.442. The lowest BCUT2D eigenvalue weighted by atomic mass is 10.1. The van der Waals surface area contributed by atoms with Crippen molar-refractivity contribution in [1.29, 1.82) is 0 Å². The number of H-pyrrole nitrogens is 1. The summed E-state index contributed by atoms with van der Waals surface area (Å²) in [6, 6.07) is 1.94. The zero-order valence-corrected chi connectivity index (χ0v) is 9.64. The van der Waals surface area contributed by atoms with Crippen molar-refractivity contribution in [3.05, 3.63) is 29.4 Å². The smallest absolute Gasteiger partial charge is 0.152 e. The molecule has 0 aliphatic heterocycles. The van der Waals surface area contributed by atoms with Gasteiger partial charge in [-0.05, 0) is 22.0 Å². The van der Waals surface area contributed by atoms with E-state index in [-0.39, 0.29) is 0 Å². The maximum atomic E-state index is 5.85. The molecule has 3 aromatic heterocycles. The van der Waals surface area contributed by atoms with Crippen LogP contribution in [0.1, 0.15) is 0 Å². The van der Waals surface area contributed by atoms with E-state index in [4.69, 9.17) is 5.73 Å². The minimum atomic E-state index is 0.442. The number of anilines is 1. The van der Waals surface area contributed by atoms with E-state index in [1.54, 1.807) is 16.9 Å². The molecule has 0 spiro atoms. The van der Waals surface area contributed by atoms with Crippen LogP contribution in [0.25, 0.3) is 16.6 Å². The van der Waals surface area contributed by atoms with Gasteiger partial charge >= 0.3 is 0 Å². The quantitative estimate of drug-likeness (QED) is 0.706. The Morgan fingerprint density at radius 2 is 2.31 bits per heavy atom. The molecule has 0 saturated carbocycles. The first-order valence-electron chi connectivity index (χ1n) is 4.54. The van der Waals surface area contributed by atoms with E-state index in [0.717, 1.165) is 21.2 Å². The van der Waals surface area contributed by atoms with E-state index in [9.17, 15) is 0 Å². The van der Waals surface area contributed by atoms with Crippen LogP contribution in [0.2, 0.25) is 0 Å². The van der Waals surface area contributed by atoms with Crippen molar-refractivity contribution in [3.63, 3.8) is 0 Å². The van der Waals surface area contributed by atoms with Crippen molar-refractivity contribution in [2.45, 2.75) is 0 Å². The maximum absolute atomic E-state index is 5.85. The summed E-state index contributed by atoms with van der Waals surface area (Å²) in [5, 5.41) is 10.8. The number of rotatable bonds is 1. The van der Waals surface area contributed by atoms with E-state index in [1.165, 1.54) is 6.33 Å². The Morgan fingerprint density at radius 3 is 3.06 bits per heavy atom. The summed E-state index contributed by atoms with van der Waals surface area (Å²) in [6.07, 6.45) is 4.95. The predicted molar refractivity (Wildman–Crippen MR) is 62.7 cm³/mol. The molecule has 0 atom stereocenters. The van der Waals surface area contributed by atoms with Crippen molar-refractivity contribution >= 4 is 27.3 Å². The number of aromatic nitrogens is 5. The number of nitrogens with one attached hydrogen (secondary N) is 1.